The van der Waals surface area contributed by atoms with Crippen LogP contribution >= 0.6 is 0 Å². The van der Waals surface area contributed by atoms with E-state index < -0.39 is 5.60 Å². The third kappa shape index (κ3) is 2.15. The summed E-state index contributed by atoms with van der Waals surface area (Å²) < 4.78 is 0. The molecular formula is C15H29NO. The van der Waals surface area contributed by atoms with Crippen LogP contribution in [-0.2, 0) is 0 Å². The molecule has 17 heavy (non-hydrogen) atoms. The summed E-state index contributed by atoms with van der Waals surface area (Å²) in [5.41, 5.74) is 6.04. The molecule has 2 heteroatoms. The highest BCUT2D eigenvalue weighted by Gasteiger charge is 2.54. The second kappa shape index (κ2) is 4.24. The summed E-state index contributed by atoms with van der Waals surface area (Å²) >= 11 is 0. The van der Waals surface area contributed by atoms with Gasteiger partial charge in [-0.1, -0.05) is 20.8 Å². The normalized spacial score (nSPS) is 37.6. The van der Waals surface area contributed by atoms with E-state index >= 15 is 0 Å². The fourth-order valence-corrected chi connectivity index (χ4v) is 3.94. The van der Waals surface area contributed by atoms with Gasteiger partial charge in [-0.25, -0.2) is 0 Å². The number of hydrogen-bond acceptors (Lipinski definition) is 2. The van der Waals surface area contributed by atoms with Crippen molar-refractivity contribution in [3.63, 3.8) is 0 Å². The molecule has 0 atom stereocenters. The second-order valence-electron chi connectivity index (χ2n) is 7.51. The summed E-state index contributed by atoms with van der Waals surface area (Å²) in [5.74, 6) is 0.797. The van der Waals surface area contributed by atoms with Crippen molar-refractivity contribution in [2.24, 2.45) is 22.5 Å². The lowest BCUT2D eigenvalue weighted by Crippen LogP contribution is -2.58. The number of rotatable bonds is 2. The van der Waals surface area contributed by atoms with Crippen molar-refractivity contribution in [1.29, 1.82) is 0 Å². The monoisotopic (exact) mass is 239 g/mol. The van der Waals surface area contributed by atoms with Crippen LogP contribution in [0.4, 0.5) is 0 Å². The Morgan fingerprint density at radius 1 is 1.12 bits per heavy atom. The van der Waals surface area contributed by atoms with Gasteiger partial charge in [0.25, 0.3) is 0 Å². The summed E-state index contributed by atoms with van der Waals surface area (Å²) in [6, 6.07) is 0. The molecule has 0 amide bonds. The van der Waals surface area contributed by atoms with Crippen molar-refractivity contribution in [1.82, 2.24) is 0 Å². The average Bonchev–Trinajstić information content (AvgIpc) is 2.24. The van der Waals surface area contributed by atoms with E-state index in [1.807, 2.05) is 0 Å². The highest BCUT2D eigenvalue weighted by molar-refractivity contribution is 5.06. The highest BCUT2D eigenvalue weighted by atomic mass is 16.3. The number of nitrogens with two attached hydrogens (primary N) is 1. The van der Waals surface area contributed by atoms with Gasteiger partial charge in [0.15, 0.2) is 0 Å². The van der Waals surface area contributed by atoms with Crippen LogP contribution < -0.4 is 5.73 Å². The molecule has 2 fully saturated rings. The predicted octanol–water partition coefficient (Wildman–Crippen LogP) is 3.08. The number of aliphatic hydroxyl groups is 1. The Labute approximate surface area is 106 Å². The standard InChI is InChI=1S/C15H29NO/c1-13(2,3)12-5-9-14(11-16,10-6-12)15(17)7-4-8-15/h12,17H,4-11,16H2,1-3H3. The lowest BCUT2D eigenvalue weighted by Gasteiger charge is -2.56. The average molecular weight is 239 g/mol. The van der Waals surface area contributed by atoms with Crippen LogP contribution in [-0.4, -0.2) is 17.3 Å². The van der Waals surface area contributed by atoms with Crippen LogP contribution in [0.15, 0.2) is 0 Å². The Balaban J connectivity index is 2.05. The molecule has 0 aromatic carbocycles. The zero-order valence-electron chi connectivity index (χ0n) is 11.8. The molecule has 0 spiro atoms. The van der Waals surface area contributed by atoms with Gasteiger partial charge in [-0.3, -0.25) is 0 Å². The largest absolute Gasteiger partial charge is 0.389 e. The van der Waals surface area contributed by atoms with Gasteiger partial charge in [0, 0.05) is 12.0 Å². The van der Waals surface area contributed by atoms with E-state index in [0.29, 0.717) is 12.0 Å². The first-order valence-corrected chi connectivity index (χ1v) is 7.25. The molecular weight excluding hydrogens is 210 g/mol. The first-order valence-electron chi connectivity index (χ1n) is 7.25. The molecule has 0 heterocycles. The van der Waals surface area contributed by atoms with Gasteiger partial charge in [-0.15, -0.1) is 0 Å². The molecule has 2 aliphatic carbocycles. The molecule has 0 bridgehead atoms. The lowest BCUT2D eigenvalue weighted by atomic mass is 9.53. The zero-order chi connectivity index (χ0) is 12.7. The van der Waals surface area contributed by atoms with E-state index in [1.54, 1.807) is 0 Å². The minimum absolute atomic E-state index is 0.0347. The Morgan fingerprint density at radius 2 is 1.65 bits per heavy atom. The van der Waals surface area contributed by atoms with Crippen molar-refractivity contribution >= 4 is 0 Å². The lowest BCUT2D eigenvalue weighted by molar-refractivity contribution is -0.157. The maximum Gasteiger partial charge on any atom is 0.0715 e. The molecule has 0 saturated heterocycles. The smallest absolute Gasteiger partial charge is 0.0715 e. The van der Waals surface area contributed by atoms with E-state index in [-0.39, 0.29) is 5.41 Å². The molecule has 0 aromatic rings. The first-order chi connectivity index (χ1) is 7.83. The fraction of sp³-hybridized carbons (Fsp3) is 1.00. The van der Waals surface area contributed by atoms with Crippen LogP contribution in [0.1, 0.15) is 65.7 Å². The van der Waals surface area contributed by atoms with Crippen LogP contribution in [0, 0.1) is 16.7 Å². The van der Waals surface area contributed by atoms with Gasteiger partial charge in [0.2, 0.25) is 0 Å². The van der Waals surface area contributed by atoms with Gasteiger partial charge in [0.05, 0.1) is 5.60 Å². The SMILES string of the molecule is CC(C)(C)C1CCC(CN)(C2(O)CCC2)CC1. The maximum atomic E-state index is 10.7. The van der Waals surface area contributed by atoms with Gasteiger partial charge in [0.1, 0.15) is 0 Å². The first kappa shape index (κ1) is 13.4. The van der Waals surface area contributed by atoms with Gasteiger partial charge >= 0.3 is 0 Å². The van der Waals surface area contributed by atoms with Gasteiger partial charge < -0.3 is 10.8 Å². The third-order valence-electron chi connectivity index (χ3n) is 5.73. The summed E-state index contributed by atoms with van der Waals surface area (Å²) in [5, 5.41) is 10.7. The molecule has 0 radical (unpaired) electrons. The minimum atomic E-state index is -0.426. The Bertz CT molecular complexity index is 267. The summed E-state index contributed by atoms with van der Waals surface area (Å²) in [4.78, 5) is 0. The van der Waals surface area contributed by atoms with Crippen LogP contribution in [0.3, 0.4) is 0 Å². The predicted molar refractivity (Wildman–Crippen MR) is 71.7 cm³/mol. The van der Waals surface area contributed by atoms with Crippen LogP contribution in [0.5, 0.6) is 0 Å². The van der Waals surface area contributed by atoms with E-state index in [0.717, 1.165) is 31.6 Å². The maximum absolute atomic E-state index is 10.7. The Kier molecular flexibility index (Phi) is 3.33. The Morgan fingerprint density at radius 3 is 1.94 bits per heavy atom. The molecule has 3 N–H and O–H groups in total. The molecule has 0 aliphatic heterocycles. The van der Waals surface area contributed by atoms with Crippen LogP contribution in [0.2, 0.25) is 0 Å². The molecule has 100 valence electrons. The minimum Gasteiger partial charge on any atom is -0.389 e. The second-order valence-corrected chi connectivity index (χ2v) is 7.51. The van der Waals surface area contributed by atoms with E-state index in [2.05, 4.69) is 20.8 Å². The van der Waals surface area contributed by atoms with Gasteiger partial charge in [-0.05, 0) is 56.3 Å². The Hall–Kier alpha value is -0.0800. The zero-order valence-corrected chi connectivity index (χ0v) is 11.8. The molecule has 0 unspecified atom stereocenters. The highest BCUT2D eigenvalue weighted by Crippen LogP contribution is 2.55. The molecule has 2 rings (SSSR count). The summed E-state index contributed by atoms with van der Waals surface area (Å²) in [6.45, 7) is 7.68. The topological polar surface area (TPSA) is 46.2 Å². The third-order valence-corrected chi connectivity index (χ3v) is 5.73. The van der Waals surface area contributed by atoms with Gasteiger partial charge in [-0.2, -0.15) is 0 Å². The van der Waals surface area contributed by atoms with E-state index in [9.17, 15) is 5.11 Å². The fourth-order valence-electron chi connectivity index (χ4n) is 3.94. The molecule has 2 nitrogen and oxygen atoms in total. The van der Waals surface area contributed by atoms with E-state index in [1.165, 1.54) is 19.3 Å². The summed E-state index contributed by atoms with van der Waals surface area (Å²) in [7, 11) is 0. The number of hydrogen-bond donors (Lipinski definition) is 2. The molecule has 2 aliphatic rings. The van der Waals surface area contributed by atoms with E-state index in [4.69, 9.17) is 5.73 Å². The molecule has 0 aromatic heterocycles. The summed E-state index contributed by atoms with van der Waals surface area (Å²) in [6.07, 6.45) is 7.87. The van der Waals surface area contributed by atoms with Crippen molar-refractivity contribution in [2.75, 3.05) is 6.54 Å². The van der Waals surface area contributed by atoms with Crippen LogP contribution in [0.25, 0.3) is 0 Å². The van der Waals surface area contributed by atoms with Crippen molar-refractivity contribution in [3.05, 3.63) is 0 Å². The van der Waals surface area contributed by atoms with Crippen molar-refractivity contribution in [2.45, 2.75) is 71.3 Å². The quantitative estimate of drug-likeness (QED) is 0.778. The van der Waals surface area contributed by atoms with Crippen molar-refractivity contribution in [3.8, 4) is 0 Å². The molecule has 2 saturated carbocycles. The van der Waals surface area contributed by atoms with Crippen molar-refractivity contribution < 1.29 is 5.11 Å².